The molecule has 2 amide bonds. The van der Waals surface area contributed by atoms with E-state index in [9.17, 15) is 9.59 Å². The Kier molecular flexibility index (Phi) is 6.03. The lowest BCUT2D eigenvalue weighted by Crippen LogP contribution is -2.18. The highest BCUT2D eigenvalue weighted by atomic mass is 35.5. The number of amides is 2. The largest absolute Gasteiger partial charge is 0.457 e. The molecular weight excluding hydrogens is 459 g/mol. The molecule has 2 N–H and O–H groups in total. The number of carbonyl (C=O) groups is 2. The van der Waals surface area contributed by atoms with Crippen LogP contribution in [-0.2, 0) is 0 Å². The number of carbonyl (C=O) groups excluding carboxylic acids is 2. The quantitative estimate of drug-likeness (QED) is 0.405. The fourth-order valence-corrected chi connectivity index (χ4v) is 4.15. The van der Waals surface area contributed by atoms with Crippen molar-refractivity contribution in [1.82, 2.24) is 15.3 Å². The highest BCUT2D eigenvalue weighted by Crippen LogP contribution is 2.32. The smallest absolute Gasteiger partial charge is 0.269 e. The molecule has 0 aliphatic rings. The number of rotatable bonds is 5. The van der Waals surface area contributed by atoms with Crippen molar-refractivity contribution >= 4 is 61.7 Å². The maximum atomic E-state index is 12.5. The Morgan fingerprint density at radius 3 is 2.45 bits per heavy atom. The molecule has 2 aromatic carbocycles. The monoisotopic (exact) mass is 472 g/mol. The molecule has 0 fully saturated rings. The Labute approximate surface area is 191 Å². The van der Waals surface area contributed by atoms with Crippen LogP contribution in [0.5, 0.6) is 11.5 Å². The maximum Gasteiger partial charge on any atom is 0.269 e. The fourth-order valence-electron chi connectivity index (χ4n) is 2.74. The lowest BCUT2D eigenvalue weighted by molar-refractivity contribution is 0.0957. The van der Waals surface area contributed by atoms with Crippen molar-refractivity contribution in [2.24, 2.45) is 0 Å². The number of hydrogen-bond acceptors (Lipinski definition) is 6. The SMILES string of the molecule is CNC(=O)c1cc(Oc2ccc3nc(NC(=O)c4cc(Cl)cc(Cl)c4)sc3c2)ccn1. The van der Waals surface area contributed by atoms with E-state index in [0.29, 0.717) is 37.8 Å². The van der Waals surface area contributed by atoms with Gasteiger partial charge in [0.05, 0.1) is 10.2 Å². The van der Waals surface area contributed by atoms with Crippen LogP contribution in [0.1, 0.15) is 20.8 Å². The van der Waals surface area contributed by atoms with Crippen LogP contribution in [0.25, 0.3) is 10.2 Å². The Balaban J connectivity index is 1.53. The Hall–Kier alpha value is -3.20. The zero-order valence-electron chi connectivity index (χ0n) is 16.0. The van der Waals surface area contributed by atoms with Gasteiger partial charge in [-0.1, -0.05) is 34.5 Å². The van der Waals surface area contributed by atoms with Gasteiger partial charge in [-0.05, 0) is 36.4 Å². The van der Waals surface area contributed by atoms with Crippen LogP contribution in [-0.4, -0.2) is 28.8 Å². The van der Waals surface area contributed by atoms with E-state index in [1.165, 1.54) is 36.7 Å². The van der Waals surface area contributed by atoms with Gasteiger partial charge in [0.1, 0.15) is 17.2 Å². The fraction of sp³-hybridized carbons (Fsp3) is 0.0476. The number of aromatic nitrogens is 2. The minimum atomic E-state index is -0.363. The summed E-state index contributed by atoms with van der Waals surface area (Å²) < 4.78 is 6.67. The van der Waals surface area contributed by atoms with Gasteiger partial charge < -0.3 is 10.1 Å². The molecule has 0 bridgehead atoms. The van der Waals surface area contributed by atoms with E-state index in [1.54, 1.807) is 36.4 Å². The van der Waals surface area contributed by atoms with E-state index < -0.39 is 0 Å². The number of hydrogen-bond donors (Lipinski definition) is 2. The number of benzene rings is 2. The van der Waals surface area contributed by atoms with Crippen LogP contribution in [0, 0.1) is 0 Å². The second-order valence-corrected chi connectivity index (χ2v) is 8.22. The van der Waals surface area contributed by atoms with Crippen LogP contribution >= 0.6 is 34.5 Å². The molecule has 0 aliphatic heterocycles. The number of anilines is 1. The van der Waals surface area contributed by atoms with E-state index >= 15 is 0 Å². The Morgan fingerprint density at radius 1 is 0.968 bits per heavy atom. The summed E-state index contributed by atoms with van der Waals surface area (Å²) in [6.07, 6.45) is 1.50. The van der Waals surface area contributed by atoms with Gasteiger partial charge >= 0.3 is 0 Å². The molecule has 156 valence electrons. The van der Waals surface area contributed by atoms with Crippen molar-refractivity contribution < 1.29 is 14.3 Å². The third kappa shape index (κ3) is 4.93. The zero-order valence-corrected chi connectivity index (χ0v) is 18.3. The van der Waals surface area contributed by atoms with Crippen LogP contribution in [0.15, 0.2) is 54.7 Å². The van der Waals surface area contributed by atoms with Gasteiger partial charge in [0, 0.05) is 41.0 Å². The van der Waals surface area contributed by atoms with E-state index in [4.69, 9.17) is 27.9 Å². The minimum absolute atomic E-state index is 0.255. The lowest BCUT2D eigenvalue weighted by Gasteiger charge is -2.06. The van der Waals surface area contributed by atoms with Gasteiger partial charge in [-0.3, -0.25) is 19.9 Å². The number of halogens is 2. The molecule has 0 spiro atoms. The van der Waals surface area contributed by atoms with Gasteiger partial charge in [0.25, 0.3) is 11.8 Å². The van der Waals surface area contributed by atoms with Gasteiger partial charge in [-0.15, -0.1) is 0 Å². The van der Waals surface area contributed by atoms with Crippen LogP contribution in [0.4, 0.5) is 5.13 Å². The third-order valence-electron chi connectivity index (χ3n) is 4.13. The van der Waals surface area contributed by atoms with Gasteiger partial charge in [0.2, 0.25) is 0 Å². The molecule has 7 nitrogen and oxygen atoms in total. The maximum absolute atomic E-state index is 12.5. The average Bonchev–Trinajstić information content (AvgIpc) is 3.14. The molecule has 4 aromatic rings. The van der Waals surface area contributed by atoms with Crippen molar-refractivity contribution in [1.29, 1.82) is 0 Å². The van der Waals surface area contributed by atoms with Gasteiger partial charge in [0.15, 0.2) is 5.13 Å². The summed E-state index contributed by atoms with van der Waals surface area (Å²) in [6.45, 7) is 0. The van der Waals surface area contributed by atoms with E-state index in [2.05, 4.69) is 20.6 Å². The predicted octanol–water partition coefficient (Wildman–Crippen LogP) is 5.40. The van der Waals surface area contributed by atoms with E-state index in [1.807, 2.05) is 0 Å². The van der Waals surface area contributed by atoms with Crippen LogP contribution in [0.3, 0.4) is 0 Å². The topological polar surface area (TPSA) is 93.2 Å². The molecular formula is C21H14Cl2N4O3S. The molecule has 31 heavy (non-hydrogen) atoms. The second-order valence-electron chi connectivity index (χ2n) is 6.32. The van der Waals surface area contributed by atoms with Gasteiger partial charge in [-0.25, -0.2) is 4.98 Å². The summed E-state index contributed by atoms with van der Waals surface area (Å²) in [5.41, 5.74) is 1.30. The number of thiazole rings is 1. The van der Waals surface area contributed by atoms with Crippen LogP contribution < -0.4 is 15.4 Å². The molecule has 0 radical (unpaired) electrons. The van der Waals surface area contributed by atoms with Crippen molar-refractivity contribution in [3.05, 3.63) is 76.0 Å². The third-order valence-corrected chi connectivity index (χ3v) is 5.50. The number of fused-ring (bicyclic) bond motifs is 1. The van der Waals surface area contributed by atoms with Crippen molar-refractivity contribution in [2.75, 3.05) is 12.4 Å². The number of nitrogens with zero attached hydrogens (tertiary/aromatic N) is 2. The van der Waals surface area contributed by atoms with Gasteiger partial charge in [-0.2, -0.15) is 0 Å². The highest BCUT2D eigenvalue weighted by molar-refractivity contribution is 7.22. The minimum Gasteiger partial charge on any atom is -0.457 e. The number of pyridine rings is 1. The molecule has 0 atom stereocenters. The molecule has 10 heteroatoms. The summed E-state index contributed by atoms with van der Waals surface area (Å²) >= 11 is 13.2. The first kappa shape index (κ1) is 21.0. The summed E-state index contributed by atoms with van der Waals surface area (Å²) in [5.74, 6) is 0.372. The van der Waals surface area contributed by atoms with E-state index in [-0.39, 0.29) is 17.5 Å². The molecule has 0 saturated carbocycles. The molecule has 0 unspecified atom stereocenters. The summed E-state index contributed by atoms with van der Waals surface area (Å²) in [7, 11) is 1.53. The average molecular weight is 473 g/mol. The summed E-state index contributed by atoms with van der Waals surface area (Å²) in [4.78, 5) is 32.7. The second kappa shape index (κ2) is 8.89. The van der Waals surface area contributed by atoms with Crippen LogP contribution in [0.2, 0.25) is 10.0 Å². The Morgan fingerprint density at radius 2 is 1.71 bits per heavy atom. The number of nitrogens with one attached hydrogen (secondary N) is 2. The van der Waals surface area contributed by atoms with E-state index in [0.717, 1.165) is 4.70 Å². The normalized spacial score (nSPS) is 10.7. The highest BCUT2D eigenvalue weighted by Gasteiger charge is 2.13. The molecule has 0 aliphatic carbocycles. The molecule has 2 aromatic heterocycles. The summed E-state index contributed by atoms with van der Waals surface area (Å²) in [6, 6.07) is 13.2. The first-order valence-electron chi connectivity index (χ1n) is 8.95. The predicted molar refractivity (Wildman–Crippen MR) is 122 cm³/mol. The molecule has 0 saturated heterocycles. The first-order chi connectivity index (χ1) is 14.9. The zero-order chi connectivity index (χ0) is 22.0. The van der Waals surface area contributed by atoms with Crippen molar-refractivity contribution in [3.8, 4) is 11.5 Å². The Bertz CT molecular complexity index is 1290. The van der Waals surface area contributed by atoms with Crippen molar-refractivity contribution in [3.63, 3.8) is 0 Å². The molecule has 2 heterocycles. The number of ether oxygens (including phenoxy) is 1. The first-order valence-corrected chi connectivity index (χ1v) is 10.5. The molecule has 4 rings (SSSR count). The summed E-state index contributed by atoms with van der Waals surface area (Å²) in [5, 5.41) is 6.45. The lowest BCUT2D eigenvalue weighted by atomic mass is 10.2. The standard InChI is InChI=1S/C21H14Cl2N4O3S/c1-24-20(29)17-9-15(4-5-25-17)30-14-2-3-16-18(10-14)31-21(26-16)27-19(28)11-6-12(22)8-13(23)7-11/h2-10H,1H3,(H,24,29)(H,26,27,28). The van der Waals surface area contributed by atoms with Crippen molar-refractivity contribution in [2.45, 2.75) is 0 Å².